The lowest BCUT2D eigenvalue weighted by Gasteiger charge is -2.20. The van der Waals surface area contributed by atoms with Gasteiger partial charge in [-0.1, -0.05) is 17.7 Å². The van der Waals surface area contributed by atoms with Crippen LogP contribution >= 0.6 is 11.6 Å². The standard InChI is InChI=1S/C13H18ClN3O/c1-17(8-13(18)16-10-3-4-10)12-5-2-9(7-15)6-11(12)14/h2,5-6,10H,3-4,7-8,15H2,1H3,(H,16,18). The van der Waals surface area contributed by atoms with Gasteiger partial charge in [0.1, 0.15) is 0 Å². The summed E-state index contributed by atoms with van der Waals surface area (Å²) in [5.41, 5.74) is 7.38. The quantitative estimate of drug-likeness (QED) is 0.850. The minimum atomic E-state index is 0.0407. The number of hydrogen-bond acceptors (Lipinski definition) is 3. The summed E-state index contributed by atoms with van der Waals surface area (Å²) in [4.78, 5) is 13.5. The Kier molecular flexibility index (Phi) is 4.09. The topological polar surface area (TPSA) is 58.4 Å². The van der Waals surface area contributed by atoms with Crippen molar-refractivity contribution in [3.63, 3.8) is 0 Å². The zero-order chi connectivity index (χ0) is 13.1. The lowest BCUT2D eigenvalue weighted by Crippen LogP contribution is -2.36. The molecule has 2 rings (SSSR count). The minimum absolute atomic E-state index is 0.0407. The largest absolute Gasteiger partial charge is 0.364 e. The van der Waals surface area contributed by atoms with Crippen LogP contribution in [0.1, 0.15) is 18.4 Å². The maximum atomic E-state index is 11.7. The number of anilines is 1. The highest BCUT2D eigenvalue weighted by Crippen LogP contribution is 2.26. The maximum absolute atomic E-state index is 11.7. The Hall–Kier alpha value is -1.26. The van der Waals surface area contributed by atoms with Crippen molar-refractivity contribution in [2.24, 2.45) is 5.73 Å². The number of halogens is 1. The Morgan fingerprint density at radius 2 is 2.28 bits per heavy atom. The SMILES string of the molecule is CN(CC(=O)NC1CC1)c1ccc(CN)cc1Cl. The summed E-state index contributed by atoms with van der Waals surface area (Å²) in [5, 5.41) is 3.58. The molecular formula is C13H18ClN3O. The number of likely N-dealkylation sites (N-methyl/N-ethyl adjacent to an activating group) is 1. The number of rotatable bonds is 5. The van der Waals surface area contributed by atoms with Gasteiger partial charge >= 0.3 is 0 Å². The highest BCUT2D eigenvalue weighted by Gasteiger charge is 2.23. The van der Waals surface area contributed by atoms with Crippen LogP contribution in [0.3, 0.4) is 0 Å². The van der Waals surface area contributed by atoms with Crippen LogP contribution in [0.25, 0.3) is 0 Å². The van der Waals surface area contributed by atoms with Gasteiger partial charge in [0.2, 0.25) is 5.91 Å². The lowest BCUT2D eigenvalue weighted by molar-refractivity contribution is -0.119. The maximum Gasteiger partial charge on any atom is 0.239 e. The van der Waals surface area contributed by atoms with Crippen LogP contribution in [0.5, 0.6) is 0 Å². The fraction of sp³-hybridized carbons (Fsp3) is 0.462. The van der Waals surface area contributed by atoms with Crippen LogP contribution in [-0.2, 0) is 11.3 Å². The summed E-state index contributed by atoms with van der Waals surface area (Å²) in [6.07, 6.45) is 2.20. The van der Waals surface area contributed by atoms with Crippen molar-refractivity contribution in [1.29, 1.82) is 0 Å². The van der Waals surface area contributed by atoms with Crippen LogP contribution < -0.4 is 16.0 Å². The monoisotopic (exact) mass is 267 g/mol. The number of amides is 1. The Bertz CT molecular complexity index is 446. The molecule has 0 radical (unpaired) electrons. The molecule has 0 atom stereocenters. The lowest BCUT2D eigenvalue weighted by atomic mass is 10.2. The van der Waals surface area contributed by atoms with Gasteiger partial charge in [0.15, 0.2) is 0 Å². The summed E-state index contributed by atoms with van der Waals surface area (Å²) in [6, 6.07) is 6.05. The molecule has 0 unspecified atom stereocenters. The number of nitrogens with zero attached hydrogens (tertiary/aromatic N) is 1. The molecule has 1 aliphatic rings. The Labute approximate surface area is 112 Å². The first kappa shape index (κ1) is 13.2. The summed E-state index contributed by atoms with van der Waals surface area (Å²) < 4.78 is 0. The van der Waals surface area contributed by atoms with E-state index in [0.717, 1.165) is 24.1 Å². The first-order valence-corrected chi connectivity index (χ1v) is 6.47. The number of nitrogens with two attached hydrogens (primary N) is 1. The first-order chi connectivity index (χ1) is 8.60. The van der Waals surface area contributed by atoms with Crippen molar-refractivity contribution in [3.05, 3.63) is 28.8 Å². The van der Waals surface area contributed by atoms with Crippen molar-refractivity contribution in [2.75, 3.05) is 18.5 Å². The van der Waals surface area contributed by atoms with Crippen LogP contribution in [0.4, 0.5) is 5.69 Å². The third-order valence-electron chi connectivity index (χ3n) is 2.98. The zero-order valence-electron chi connectivity index (χ0n) is 10.4. The van der Waals surface area contributed by atoms with Gasteiger partial charge in [0, 0.05) is 19.6 Å². The van der Waals surface area contributed by atoms with Gasteiger partial charge in [-0.2, -0.15) is 0 Å². The highest BCUT2D eigenvalue weighted by atomic mass is 35.5. The van der Waals surface area contributed by atoms with Crippen molar-refractivity contribution in [1.82, 2.24) is 5.32 Å². The average molecular weight is 268 g/mol. The molecule has 4 nitrogen and oxygen atoms in total. The molecule has 1 aliphatic carbocycles. The third-order valence-corrected chi connectivity index (χ3v) is 3.29. The molecule has 0 aromatic heterocycles. The van der Waals surface area contributed by atoms with Gasteiger partial charge in [-0.3, -0.25) is 4.79 Å². The molecule has 0 bridgehead atoms. The van der Waals surface area contributed by atoms with Crippen LogP contribution in [0.15, 0.2) is 18.2 Å². The number of carbonyl (C=O) groups is 1. The fourth-order valence-electron chi connectivity index (χ4n) is 1.79. The van der Waals surface area contributed by atoms with E-state index >= 15 is 0 Å². The molecule has 1 aromatic carbocycles. The van der Waals surface area contributed by atoms with E-state index in [1.807, 2.05) is 30.1 Å². The molecule has 18 heavy (non-hydrogen) atoms. The van der Waals surface area contributed by atoms with E-state index in [-0.39, 0.29) is 5.91 Å². The summed E-state index contributed by atoms with van der Waals surface area (Å²) >= 11 is 6.18. The molecule has 0 aliphatic heterocycles. The van der Waals surface area contributed by atoms with Crippen molar-refractivity contribution in [2.45, 2.75) is 25.4 Å². The molecule has 98 valence electrons. The molecule has 0 spiro atoms. The van der Waals surface area contributed by atoms with Gasteiger partial charge in [-0.15, -0.1) is 0 Å². The molecule has 0 heterocycles. The summed E-state index contributed by atoms with van der Waals surface area (Å²) in [5.74, 6) is 0.0407. The second-order valence-electron chi connectivity index (χ2n) is 4.69. The third kappa shape index (κ3) is 3.37. The number of nitrogens with one attached hydrogen (secondary N) is 1. The first-order valence-electron chi connectivity index (χ1n) is 6.09. The van der Waals surface area contributed by atoms with Crippen molar-refractivity contribution in [3.8, 4) is 0 Å². The van der Waals surface area contributed by atoms with E-state index in [2.05, 4.69) is 5.32 Å². The average Bonchev–Trinajstić information content (AvgIpc) is 3.12. The number of benzene rings is 1. The molecular weight excluding hydrogens is 250 g/mol. The van der Waals surface area contributed by atoms with Gasteiger partial charge in [0.05, 0.1) is 17.3 Å². The van der Waals surface area contributed by atoms with E-state index in [1.54, 1.807) is 0 Å². The second-order valence-corrected chi connectivity index (χ2v) is 5.09. The normalized spacial score (nSPS) is 14.4. The molecule has 1 fully saturated rings. The smallest absolute Gasteiger partial charge is 0.239 e. The molecule has 1 aromatic rings. The van der Waals surface area contributed by atoms with Gasteiger partial charge in [-0.05, 0) is 30.5 Å². The zero-order valence-corrected chi connectivity index (χ0v) is 11.2. The van der Waals surface area contributed by atoms with E-state index in [1.165, 1.54) is 0 Å². The van der Waals surface area contributed by atoms with Crippen molar-refractivity contribution < 1.29 is 4.79 Å². The van der Waals surface area contributed by atoms with Gasteiger partial charge in [-0.25, -0.2) is 0 Å². The highest BCUT2D eigenvalue weighted by molar-refractivity contribution is 6.33. The fourth-order valence-corrected chi connectivity index (χ4v) is 2.14. The molecule has 1 saturated carbocycles. The molecule has 3 N–H and O–H groups in total. The Morgan fingerprint density at radius 1 is 1.56 bits per heavy atom. The molecule has 1 amide bonds. The molecule has 5 heteroatoms. The van der Waals surface area contributed by atoms with Crippen LogP contribution in [0, 0.1) is 0 Å². The van der Waals surface area contributed by atoms with Gasteiger partial charge in [0.25, 0.3) is 0 Å². The van der Waals surface area contributed by atoms with E-state index in [4.69, 9.17) is 17.3 Å². The predicted octanol–water partition coefficient (Wildman–Crippen LogP) is 1.51. The van der Waals surface area contributed by atoms with Crippen molar-refractivity contribution >= 4 is 23.2 Å². The summed E-state index contributed by atoms with van der Waals surface area (Å²) in [6.45, 7) is 0.782. The minimum Gasteiger partial charge on any atom is -0.364 e. The number of carbonyl (C=O) groups excluding carboxylic acids is 1. The van der Waals surface area contributed by atoms with E-state index in [9.17, 15) is 4.79 Å². The Balaban J connectivity index is 1.98. The van der Waals surface area contributed by atoms with Gasteiger partial charge < -0.3 is 16.0 Å². The van der Waals surface area contributed by atoms with E-state index in [0.29, 0.717) is 24.2 Å². The summed E-state index contributed by atoms with van der Waals surface area (Å²) in [7, 11) is 1.86. The predicted molar refractivity (Wildman–Crippen MR) is 73.8 cm³/mol. The Morgan fingerprint density at radius 3 is 2.83 bits per heavy atom. The van der Waals surface area contributed by atoms with Crippen LogP contribution in [0.2, 0.25) is 5.02 Å². The molecule has 0 saturated heterocycles. The van der Waals surface area contributed by atoms with Crippen LogP contribution in [-0.4, -0.2) is 25.5 Å². The van der Waals surface area contributed by atoms with E-state index < -0.39 is 0 Å². The number of hydrogen-bond donors (Lipinski definition) is 2. The second kappa shape index (κ2) is 5.59.